The van der Waals surface area contributed by atoms with Gasteiger partial charge in [0.1, 0.15) is 5.82 Å². The molecule has 1 atom stereocenters. The van der Waals surface area contributed by atoms with Crippen LogP contribution in [0.4, 0.5) is 14.9 Å². The molecule has 1 heterocycles. The maximum atomic E-state index is 13.9. The minimum Gasteiger partial charge on any atom is -0.465 e. The molecule has 6 heteroatoms. The number of rotatable bonds is 4. The first-order valence-corrected chi connectivity index (χ1v) is 8.50. The number of benzene rings is 2. The highest BCUT2D eigenvalue weighted by atomic mass is 19.1. The summed E-state index contributed by atoms with van der Waals surface area (Å²) in [6.07, 6.45) is 0.894. The highest BCUT2D eigenvalue weighted by molar-refractivity contribution is 5.93. The van der Waals surface area contributed by atoms with E-state index >= 15 is 0 Å². The zero-order valence-corrected chi connectivity index (χ0v) is 14.5. The van der Waals surface area contributed by atoms with Crippen LogP contribution in [0.15, 0.2) is 42.5 Å². The Morgan fingerprint density at radius 2 is 2.19 bits per heavy atom. The molecule has 0 saturated carbocycles. The lowest BCUT2D eigenvalue weighted by atomic mass is 10.0. The number of hydrogen-bond donors (Lipinski definition) is 1. The molecular weight excluding hydrogens is 333 g/mol. The summed E-state index contributed by atoms with van der Waals surface area (Å²) in [5.41, 5.74) is 1.94. The van der Waals surface area contributed by atoms with Gasteiger partial charge in [-0.1, -0.05) is 12.1 Å². The van der Waals surface area contributed by atoms with Crippen LogP contribution < -0.4 is 4.90 Å². The van der Waals surface area contributed by atoms with Gasteiger partial charge < -0.3 is 10.0 Å². The van der Waals surface area contributed by atoms with E-state index in [0.717, 1.165) is 19.4 Å². The van der Waals surface area contributed by atoms with Gasteiger partial charge in [-0.3, -0.25) is 4.90 Å². The van der Waals surface area contributed by atoms with Crippen LogP contribution in [-0.4, -0.2) is 42.3 Å². The molecule has 0 radical (unpaired) electrons. The van der Waals surface area contributed by atoms with E-state index in [4.69, 9.17) is 5.26 Å². The normalized spacial score (nSPS) is 17.0. The van der Waals surface area contributed by atoms with Gasteiger partial charge in [0.05, 0.1) is 17.3 Å². The van der Waals surface area contributed by atoms with Crippen molar-refractivity contribution in [2.75, 3.05) is 25.0 Å². The molecule has 1 N–H and O–H groups in total. The van der Waals surface area contributed by atoms with Gasteiger partial charge in [-0.2, -0.15) is 5.26 Å². The first-order chi connectivity index (χ1) is 12.5. The van der Waals surface area contributed by atoms with E-state index in [-0.39, 0.29) is 6.04 Å². The Kier molecular flexibility index (Phi) is 5.19. The second-order valence-electron chi connectivity index (χ2n) is 6.52. The summed E-state index contributed by atoms with van der Waals surface area (Å²) in [5, 5.41) is 18.9. The number of anilines is 1. The van der Waals surface area contributed by atoms with Crippen LogP contribution in [0.1, 0.15) is 18.4 Å². The van der Waals surface area contributed by atoms with Crippen LogP contribution in [0.3, 0.4) is 0 Å². The molecule has 0 aliphatic carbocycles. The van der Waals surface area contributed by atoms with Gasteiger partial charge in [0.25, 0.3) is 0 Å². The van der Waals surface area contributed by atoms with Crippen LogP contribution in [0.5, 0.6) is 0 Å². The molecule has 2 aromatic carbocycles. The van der Waals surface area contributed by atoms with Gasteiger partial charge >= 0.3 is 6.09 Å². The molecule has 0 aromatic heterocycles. The summed E-state index contributed by atoms with van der Waals surface area (Å²) in [5.74, 6) is -0.450. The monoisotopic (exact) mass is 353 g/mol. The van der Waals surface area contributed by atoms with Crippen molar-refractivity contribution >= 4 is 11.8 Å². The van der Waals surface area contributed by atoms with E-state index in [1.165, 1.54) is 23.1 Å². The van der Waals surface area contributed by atoms with E-state index in [1.54, 1.807) is 24.3 Å². The summed E-state index contributed by atoms with van der Waals surface area (Å²) in [6, 6.07) is 13.0. The number of nitrogens with zero attached hydrogens (tertiary/aromatic N) is 3. The van der Waals surface area contributed by atoms with Crippen molar-refractivity contribution in [3.63, 3.8) is 0 Å². The zero-order valence-electron chi connectivity index (χ0n) is 14.5. The predicted molar refractivity (Wildman–Crippen MR) is 97.6 cm³/mol. The third-order valence-electron chi connectivity index (χ3n) is 4.85. The van der Waals surface area contributed by atoms with E-state index in [0.29, 0.717) is 28.9 Å². The van der Waals surface area contributed by atoms with Crippen LogP contribution in [0, 0.1) is 17.1 Å². The van der Waals surface area contributed by atoms with Crippen LogP contribution in [-0.2, 0) is 0 Å². The Morgan fingerprint density at radius 3 is 2.85 bits per heavy atom. The van der Waals surface area contributed by atoms with Crippen LogP contribution >= 0.6 is 0 Å². The molecule has 5 nitrogen and oxygen atoms in total. The van der Waals surface area contributed by atoms with Crippen molar-refractivity contribution in [3.8, 4) is 17.2 Å². The summed E-state index contributed by atoms with van der Waals surface area (Å²) in [4.78, 5) is 15.4. The number of nitriles is 1. The molecule has 3 rings (SSSR count). The molecule has 1 amide bonds. The maximum Gasteiger partial charge on any atom is 0.411 e. The fourth-order valence-electron chi connectivity index (χ4n) is 3.43. The molecule has 0 spiro atoms. The quantitative estimate of drug-likeness (QED) is 0.904. The van der Waals surface area contributed by atoms with Crippen molar-refractivity contribution in [2.24, 2.45) is 0 Å². The number of amides is 1. The van der Waals surface area contributed by atoms with Crippen LogP contribution in [0.25, 0.3) is 11.1 Å². The zero-order chi connectivity index (χ0) is 18.7. The van der Waals surface area contributed by atoms with E-state index in [9.17, 15) is 14.3 Å². The summed E-state index contributed by atoms with van der Waals surface area (Å²) < 4.78 is 13.9. The van der Waals surface area contributed by atoms with E-state index < -0.39 is 11.9 Å². The topological polar surface area (TPSA) is 67.6 Å². The Morgan fingerprint density at radius 1 is 1.38 bits per heavy atom. The highest BCUT2D eigenvalue weighted by Crippen LogP contribution is 2.33. The number of hydrogen-bond acceptors (Lipinski definition) is 3. The van der Waals surface area contributed by atoms with Crippen molar-refractivity contribution in [1.29, 1.82) is 5.26 Å². The number of carboxylic acid groups (broad SMARTS) is 1. The van der Waals surface area contributed by atoms with Crippen molar-refractivity contribution in [3.05, 3.63) is 53.8 Å². The Balaban J connectivity index is 2.04. The molecule has 26 heavy (non-hydrogen) atoms. The molecular formula is C20H20FN3O2. The number of carbonyl (C=O) groups is 1. The lowest BCUT2D eigenvalue weighted by molar-refractivity contribution is 0.198. The fourth-order valence-corrected chi connectivity index (χ4v) is 3.43. The first-order valence-electron chi connectivity index (χ1n) is 8.50. The molecule has 1 unspecified atom stereocenters. The van der Waals surface area contributed by atoms with Gasteiger partial charge in [-0.25, -0.2) is 9.18 Å². The predicted octanol–water partition coefficient (Wildman–Crippen LogP) is 3.94. The van der Waals surface area contributed by atoms with Crippen molar-refractivity contribution < 1.29 is 14.3 Å². The highest BCUT2D eigenvalue weighted by Gasteiger charge is 2.28. The van der Waals surface area contributed by atoms with Crippen molar-refractivity contribution in [2.45, 2.75) is 18.9 Å². The second kappa shape index (κ2) is 7.54. The van der Waals surface area contributed by atoms with Gasteiger partial charge in [0, 0.05) is 18.2 Å². The average Bonchev–Trinajstić information content (AvgIpc) is 3.04. The lowest BCUT2D eigenvalue weighted by Crippen LogP contribution is -2.41. The minimum atomic E-state index is -1.07. The Labute approximate surface area is 151 Å². The Bertz CT molecular complexity index is 862. The molecule has 1 aliphatic rings. The van der Waals surface area contributed by atoms with E-state index in [2.05, 4.69) is 11.0 Å². The van der Waals surface area contributed by atoms with Gasteiger partial charge in [0.2, 0.25) is 0 Å². The molecule has 1 aliphatic heterocycles. The van der Waals surface area contributed by atoms with Gasteiger partial charge in [-0.15, -0.1) is 0 Å². The number of halogens is 1. The van der Waals surface area contributed by atoms with Gasteiger partial charge in [0.15, 0.2) is 0 Å². The summed E-state index contributed by atoms with van der Waals surface area (Å²) in [7, 11) is 1.99. The lowest BCUT2D eigenvalue weighted by Gasteiger charge is -2.28. The third kappa shape index (κ3) is 3.68. The largest absolute Gasteiger partial charge is 0.465 e. The first kappa shape index (κ1) is 17.9. The number of likely N-dealkylation sites (tertiary alicyclic amines) is 1. The SMILES string of the molecule is CN1CCCC1CN(C(=O)O)c1ccc(F)cc1-c1cccc(C#N)c1. The molecule has 2 aromatic rings. The van der Waals surface area contributed by atoms with Gasteiger partial charge in [-0.05, 0) is 62.3 Å². The minimum absolute atomic E-state index is 0.134. The molecule has 0 bridgehead atoms. The summed E-state index contributed by atoms with van der Waals surface area (Å²) >= 11 is 0. The fraction of sp³-hybridized carbons (Fsp3) is 0.300. The van der Waals surface area contributed by atoms with E-state index in [1.807, 2.05) is 7.05 Å². The molecule has 134 valence electrons. The smallest absolute Gasteiger partial charge is 0.411 e. The number of likely N-dealkylation sites (N-methyl/N-ethyl adjacent to an activating group) is 1. The van der Waals surface area contributed by atoms with Crippen LogP contribution in [0.2, 0.25) is 0 Å². The molecule has 1 fully saturated rings. The third-order valence-corrected chi connectivity index (χ3v) is 4.85. The summed E-state index contributed by atoms with van der Waals surface area (Å²) in [6.45, 7) is 1.26. The molecule has 1 saturated heterocycles. The maximum absolute atomic E-state index is 13.9. The van der Waals surface area contributed by atoms with Crippen molar-refractivity contribution in [1.82, 2.24) is 4.90 Å². The Hall–Kier alpha value is -2.91. The second-order valence-corrected chi connectivity index (χ2v) is 6.52. The average molecular weight is 353 g/mol. The standard InChI is InChI=1S/C20H20FN3O2/c1-23-9-3-6-17(23)13-24(20(25)26)19-8-7-16(21)11-18(19)15-5-2-4-14(10-15)12-22/h2,4-5,7-8,10-11,17H,3,6,9,13H2,1H3,(H,25,26).